The number of allylic oxidation sites excluding steroid dienone is 1. The summed E-state index contributed by atoms with van der Waals surface area (Å²) in [4.78, 5) is 13.4. The maximum atomic E-state index is 6.25. The number of nitrogens with two attached hydrogens (primary N) is 2. The summed E-state index contributed by atoms with van der Waals surface area (Å²) >= 11 is 3.45. The van der Waals surface area contributed by atoms with Gasteiger partial charge < -0.3 is 16.0 Å². The number of fused-ring (bicyclic) bond motifs is 4. The Hall–Kier alpha value is -2.93. The van der Waals surface area contributed by atoms with Gasteiger partial charge in [-0.2, -0.15) is 0 Å². The van der Waals surface area contributed by atoms with E-state index in [1.807, 2.05) is 6.07 Å². The summed E-state index contributed by atoms with van der Waals surface area (Å²) in [5.74, 6) is 1.69. The van der Waals surface area contributed by atoms with Crippen molar-refractivity contribution in [1.82, 2.24) is 19.5 Å². The van der Waals surface area contributed by atoms with Crippen LogP contribution >= 0.6 is 15.9 Å². The predicted molar refractivity (Wildman–Crippen MR) is 133 cm³/mol. The van der Waals surface area contributed by atoms with Crippen molar-refractivity contribution in [2.24, 2.45) is 5.92 Å². The number of benzene rings is 1. The fraction of sp³-hybridized carbons (Fsp3) is 0.320. The van der Waals surface area contributed by atoms with Crippen LogP contribution in [0.2, 0.25) is 0 Å². The first-order valence-corrected chi connectivity index (χ1v) is 12.0. The number of aromatic nitrogens is 4. The van der Waals surface area contributed by atoms with Gasteiger partial charge in [-0.1, -0.05) is 24.3 Å². The van der Waals surface area contributed by atoms with Crippen molar-refractivity contribution in [2.75, 3.05) is 11.5 Å². The standard InChI is InChI=1S/C25H25BrN6/c26-19-12-16-8-6-15(11-20(16)31-23(19)27)5-4-14-7-9-17(10-14)32-21-3-1-2-18(21)22-24(28)29-13-30-25(22)32/h4-6,8,11-14,17H,1-3,7,9-10H2,(H2,27,31)(H2,28,29,30)/b5-4+. The molecule has 1 aromatic carbocycles. The molecule has 0 bridgehead atoms. The molecule has 1 fully saturated rings. The molecule has 0 radical (unpaired) electrons. The molecule has 3 aromatic heterocycles. The summed E-state index contributed by atoms with van der Waals surface area (Å²) < 4.78 is 3.32. The van der Waals surface area contributed by atoms with Gasteiger partial charge in [-0.05, 0) is 83.6 Å². The van der Waals surface area contributed by atoms with Crippen LogP contribution in [0.4, 0.5) is 11.6 Å². The van der Waals surface area contributed by atoms with E-state index in [1.54, 1.807) is 6.33 Å². The molecule has 0 amide bonds. The van der Waals surface area contributed by atoms with Gasteiger partial charge in [0.2, 0.25) is 0 Å². The smallest absolute Gasteiger partial charge is 0.146 e. The molecule has 2 aliphatic rings. The van der Waals surface area contributed by atoms with Crippen LogP contribution in [0.1, 0.15) is 48.5 Å². The summed E-state index contributed by atoms with van der Waals surface area (Å²) in [5.41, 5.74) is 18.1. The highest BCUT2D eigenvalue weighted by molar-refractivity contribution is 9.10. The van der Waals surface area contributed by atoms with Crippen molar-refractivity contribution in [3.63, 3.8) is 0 Å². The van der Waals surface area contributed by atoms with Gasteiger partial charge in [0.05, 0.1) is 15.4 Å². The first-order chi connectivity index (χ1) is 15.6. The van der Waals surface area contributed by atoms with E-state index in [0.717, 1.165) is 51.2 Å². The average Bonchev–Trinajstić information content (AvgIpc) is 3.49. The van der Waals surface area contributed by atoms with Gasteiger partial charge in [-0.15, -0.1) is 0 Å². The Morgan fingerprint density at radius 1 is 1.06 bits per heavy atom. The first-order valence-electron chi connectivity index (χ1n) is 11.2. The average molecular weight is 489 g/mol. The lowest BCUT2D eigenvalue weighted by atomic mass is 10.0. The summed E-state index contributed by atoms with van der Waals surface area (Å²) in [6.45, 7) is 0. The monoisotopic (exact) mass is 488 g/mol. The van der Waals surface area contributed by atoms with Gasteiger partial charge >= 0.3 is 0 Å². The Morgan fingerprint density at radius 2 is 1.97 bits per heavy atom. The lowest BCUT2D eigenvalue weighted by Gasteiger charge is -2.17. The van der Waals surface area contributed by atoms with Crippen molar-refractivity contribution in [3.05, 3.63) is 58.0 Å². The molecule has 2 atom stereocenters. The molecule has 2 unspecified atom stereocenters. The van der Waals surface area contributed by atoms with Crippen LogP contribution < -0.4 is 11.5 Å². The maximum Gasteiger partial charge on any atom is 0.146 e. The molecular formula is C25H25BrN6. The second kappa shape index (κ2) is 7.59. The first kappa shape index (κ1) is 19.7. The molecule has 6 rings (SSSR count). The zero-order chi connectivity index (χ0) is 21.8. The quantitative estimate of drug-likeness (QED) is 0.399. The number of anilines is 2. The van der Waals surface area contributed by atoms with E-state index >= 15 is 0 Å². The van der Waals surface area contributed by atoms with E-state index in [-0.39, 0.29) is 0 Å². The molecule has 3 heterocycles. The van der Waals surface area contributed by atoms with Gasteiger partial charge in [0.15, 0.2) is 0 Å². The summed E-state index contributed by atoms with van der Waals surface area (Å²) in [6.07, 6.45) is 13.1. The lowest BCUT2D eigenvalue weighted by molar-refractivity contribution is 0.503. The van der Waals surface area contributed by atoms with Crippen molar-refractivity contribution in [1.29, 1.82) is 0 Å². The molecule has 2 aliphatic carbocycles. The second-order valence-corrected chi connectivity index (χ2v) is 9.85. The maximum absolute atomic E-state index is 6.25. The normalized spacial score (nSPS) is 20.7. The molecule has 4 aromatic rings. The third-order valence-electron chi connectivity index (χ3n) is 7.06. The van der Waals surface area contributed by atoms with Crippen LogP contribution in [-0.2, 0) is 12.8 Å². The minimum absolute atomic E-state index is 0.471. The van der Waals surface area contributed by atoms with Crippen LogP contribution in [0.3, 0.4) is 0 Å². The van der Waals surface area contributed by atoms with Crippen molar-refractivity contribution in [3.8, 4) is 0 Å². The Morgan fingerprint density at radius 3 is 2.88 bits per heavy atom. The topological polar surface area (TPSA) is 95.6 Å². The molecular weight excluding hydrogens is 464 g/mol. The van der Waals surface area contributed by atoms with Crippen LogP contribution in [0.15, 0.2) is 41.1 Å². The Kier molecular flexibility index (Phi) is 4.68. The Bertz CT molecular complexity index is 1390. The van der Waals surface area contributed by atoms with Crippen LogP contribution in [0.25, 0.3) is 28.0 Å². The van der Waals surface area contributed by atoms with Gasteiger partial charge in [-0.25, -0.2) is 15.0 Å². The number of nitrogens with zero attached hydrogens (tertiary/aromatic N) is 4. The van der Waals surface area contributed by atoms with Crippen molar-refractivity contribution >= 4 is 55.6 Å². The third kappa shape index (κ3) is 3.18. The van der Waals surface area contributed by atoms with Gasteiger partial charge in [0.25, 0.3) is 0 Å². The van der Waals surface area contributed by atoms with E-state index in [1.165, 1.54) is 30.5 Å². The van der Waals surface area contributed by atoms with Crippen LogP contribution in [0, 0.1) is 5.92 Å². The number of halogens is 1. The zero-order valence-corrected chi connectivity index (χ0v) is 19.3. The van der Waals surface area contributed by atoms with E-state index in [0.29, 0.717) is 23.6 Å². The molecule has 6 nitrogen and oxygen atoms in total. The highest BCUT2D eigenvalue weighted by Gasteiger charge is 2.31. The second-order valence-electron chi connectivity index (χ2n) is 9.00. The lowest BCUT2D eigenvalue weighted by Crippen LogP contribution is -2.09. The molecule has 162 valence electrons. The summed E-state index contributed by atoms with van der Waals surface area (Å²) in [5, 5.41) is 2.17. The molecule has 0 aliphatic heterocycles. The van der Waals surface area contributed by atoms with Crippen LogP contribution in [-0.4, -0.2) is 19.5 Å². The van der Waals surface area contributed by atoms with E-state index in [2.05, 4.69) is 65.8 Å². The minimum atomic E-state index is 0.471. The van der Waals surface area contributed by atoms with Gasteiger partial charge in [-0.3, -0.25) is 0 Å². The number of nitrogen functional groups attached to an aromatic ring is 2. The van der Waals surface area contributed by atoms with Crippen molar-refractivity contribution < 1.29 is 0 Å². The largest absolute Gasteiger partial charge is 0.383 e. The Balaban J connectivity index is 1.26. The van der Waals surface area contributed by atoms with E-state index < -0.39 is 0 Å². The van der Waals surface area contributed by atoms with Gasteiger partial charge in [0.1, 0.15) is 23.6 Å². The fourth-order valence-electron chi connectivity index (χ4n) is 5.57. The molecule has 32 heavy (non-hydrogen) atoms. The highest BCUT2D eigenvalue weighted by Crippen LogP contribution is 2.43. The number of aryl methyl sites for hydroxylation is 1. The Labute approximate surface area is 194 Å². The van der Waals surface area contributed by atoms with Crippen molar-refractivity contribution in [2.45, 2.75) is 44.6 Å². The van der Waals surface area contributed by atoms with E-state index in [4.69, 9.17) is 11.5 Å². The summed E-state index contributed by atoms with van der Waals surface area (Å²) in [6, 6.07) is 8.83. The number of rotatable bonds is 3. The molecule has 4 N–H and O–H groups in total. The number of hydrogen-bond donors (Lipinski definition) is 2. The zero-order valence-electron chi connectivity index (χ0n) is 17.8. The molecule has 0 saturated heterocycles. The third-order valence-corrected chi connectivity index (χ3v) is 7.70. The number of pyridine rings is 1. The highest BCUT2D eigenvalue weighted by atomic mass is 79.9. The molecule has 7 heteroatoms. The SMILES string of the molecule is Nc1nc2cc(/C=C/C3CCC(n4c5c(c6c(N)ncnc64)CCC5)C3)ccc2cc1Br. The van der Waals surface area contributed by atoms with E-state index in [9.17, 15) is 0 Å². The molecule has 1 saturated carbocycles. The fourth-order valence-corrected chi connectivity index (χ4v) is 5.91. The number of hydrogen-bond acceptors (Lipinski definition) is 5. The van der Waals surface area contributed by atoms with Crippen LogP contribution in [0.5, 0.6) is 0 Å². The minimum Gasteiger partial charge on any atom is -0.383 e. The summed E-state index contributed by atoms with van der Waals surface area (Å²) in [7, 11) is 0. The van der Waals surface area contributed by atoms with Gasteiger partial charge in [0, 0.05) is 17.1 Å². The predicted octanol–water partition coefficient (Wildman–Crippen LogP) is 5.45. The molecule has 0 spiro atoms.